The topological polar surface area (TPSA) is 48.4 Å². The summed E-state index contributed by atoms with van der Waals surface area (Å²) in [6.45, 7) is -0.510. The van der Waals surface area contributed by atoms with Crippen molar-refractivity contribution < 1.29 is 0 Å². The average Bonchev–Trinajstić information content (AvgIpc) is 3.34. The summed E-state index contributed by atoms with van der Waals surface area (Å²) in [7, 11) is 0. The Kier molecular flexibility index (Phi) is 7.19. The van der Waals surface area contributed by atoms with E-state index in [1.54, 1.807) is 0 Å². The first-order valence-electron chi connectivity index (χ1n) is 20.6. The van der Waals surface area contributed by atoms with E-state index in [0.29, 0.717) is 0 Å². The highest BCUT2D eigenvalue weighted by Crippen LogP contribution is 2.50. The number of fused-ring (bicyclic) bond motifs is 21. The zero-order valence-corrected chi connectivity index (χ0v) is 32.5. The fourth-order valence-electron chi connectivity index (χ4n) is 10.5. The van der Waals surface area contributed by atoms with Crippen LogP contribution in [0.1, 0.15) is 0 Å². The van der Waals surface area contributed by atoms with Crippen molar-refractivity contribution in [1.29, 1.82) is 0 Å². The fraction of sp³-hybridized carbons (Fsp3) is 0. The molecule has 7 heterocycles. The molecule has 4 aliphatic rings. The van der Waals surface area contributed by atoms with Gasteiger partial charge in [0.25, 0.3) is 0 Å². The maximum Gasteiger partial charge on any atom is 0.389 e. The van der Waals surface area contributed by atoms with Crippen LogP contribution in [0.2, 0.25) is 0 Å². The minimum Gasteiger partial charge on any atom is -0.416 e. The van der Waals surface area contributed by atoms with Crippen LogP contribution in [0.3, 0.4) is 0 Å². The molecule has 13 rings (SSSR count). The molecule has 4 aliphatic heterocycles. The van der Waals surface area contributed by atoms with Gasteiger partial charge in [-0.2, -0.15) is 0 Å². The molecule has 0 aliphatic carbocycles. The van der Waals surface area contributed by atoms with Gasteiger partial charge in [-0.15, -0.1) is 0 Å². The van der Waals surface area contributed by atoms with Gasteiger partial charge in [0.2, 0.25) is 0 Å². The van der Waals surface area contributed by atoms with Gasteiger partial charge < -0.3 is 14.2 Å². The van der Waals surface area contributed by atoms with E-state index in [2.05, 4.69) is 175 Å². The van der Waals surface area contributed by atoms with Gasteiger partial charge in [0, 0.05) is 87.6 Å². The normalized spacial score (nSPS) is 13.8. The zero-order chi connectivity index (χ0) is 39.3. The number of pyridine rings is 3. The van der Waals surface area contributed by atoms with E-state index in [1.165, 1.54) is 66.8 Å². The van der Waals surface area contributed by atoms with Crippen molar-refractivity contribution in [3.8, 4) is 66.8 Å². The molecule has 1 fully saturated rings. The van der Waals surface area contributed by atoms with Gasteiger partial charge in [-0.05, 0) is 86.2 Å². The summed E-state index contributed by atoms with van der Waals surface area (Å²) >= 11 is 0. The van der Waals surface area contributed by atoms with E-state index >= 15 is 0 Å². The van der Waals surface area contributed by atoms with E-state index < -0.39 is 0 Å². The van der Waals surface area contributed by atoms with Crippen LogP contribution in [0.25, 0.3) is 66.8 Å². The highest BCUT2D eigenvalue weighted by molar-refractivity contribution is 7.16. The number of anilines is 3. The Bertz CT molecular complexity index is 2810. The molecule has 0 radical (unpaired) electrons. The molecular formula is C51H33B3N6. The van der Waals surface area contributed by atoms with Crippen LogP contribution in [0.5, 0.6) is 0 Å². The first kappa shape index (κ1) is 33.3. The molecule has 0 bridgehead atoms. The van der Waals surface area contributed by atoms with Gasteiger partial charge in [-0.3, -0.25) is 15.0 Å². The Balaban J connectivity index is 1.16. The second-order valence-corrected chi connectivity index (χ2v) is 16.0. The van der Waals surface area contributed by atoms with Gasteiger partial charge >= 0.3 is 20.9 Å². The highest BCUT2D eigenvalue weighted by Gasteiger charge is 2.61. The van der Waals surface area contributed by atoms with Crippen molar-refractivity contribution in [1.82, 2.24) is 15.0 Å². The van der Waals surface area contributed by atoms with Crippen molar-refractivity contribution in [2.45, 2.75) is 0 Å². The molecule has 9 heteroatoms. The second-order valence-electron chi connectivity index (χ2n) is 16.0. The molecule has 0 amide bonds. The Labute approximate surface area is 349 Å². The molecule has 276 valence electrons. The van der Waals surface area contributed by atoms with Gasteiger partial charge in [0.05, 0.1) is 0 Å². The van der Waals surface area contributed by atoms with Crippen LogP contribution in [-0.2, 0) is 0 Å². The Hall–Kier alpha value is -7.64. The maximum atomic E-state index is 4.54. The molecule has 3 aromatic heterocycles. The van der Waals surface area contributed by atoms with E-state index in [0.717, 1.165) is 33.4 Å². The van der Waals surface area contributed by atoms with Gasteiger partial charge in [-0.25, -0.2) is 0 Å². The third kappa shape index (κ3) is 4.77. The van der Waals surface area contributed by atoms with Crippen molar-refractivity contribution >= 4 is 54.4 Å². The minimum atomic E-state index is -0.170. The SMILES string of the molecule is c1cncc(-c2ccc3c(c2)N2B(c4ccccc4-3)N3B(c4ccccc4-c4ccc(-c5cccnc5)cc43)N3B2c2ccccc2-c2ccc(-c4cccnc4)cc23)c1. The van der Waals surface area contributed by atoms with E-state index in [9.17, 15) is 0 Å². The fourth-order valence-corrected chi connectivity index (χ4v) is 10.5. The number of aromatic nitrogens is 3. The van der Waals surface area contributed by atoms with E-state index in [1.807, 2.05) is 55.4 Å². The Morgan fingerprint density at radius 1 is 0.283 bits per heavy atom. The smallest absolute Gasteiger partial charge is 0.389 e. The van der Waals surface area contributed by atoms with Gasteiger partial charge in [0.15, 0.2) is 0 Å². The highest BCUT2D eigenvalue weighted by atomic mass is 15.3. The molecule has 0 unspecified atom stereocenters. The van der Waals surface area contributed by atoms with Crippen LogP contribution in [-0.4, -0.2) is 35.9 Å². The molecule has 0 N–H and O–H groups in total. The summed E-state index contributed by atoms with van der Waals surface area (Å²) in [6, 6.07) is 60.7. The number of benzene rings is 6. The van der Waals surface area contributed by atoms with Crippen LogP contribution < -0.4 is 30.6 Å². The predicted octanol–water partition coefficient (Wildman–Crippen LogP) is 8.83. The molecule has 1 saturated heterocycles. The summed E-state index contributed by atoms with van der Waals surface area (Å²) < 4.78 is 8.17. The molecule has 0 spiro atoms. The molecule has 60 heavy (non-hydrogen) atoms. The Morgan fingerprint density at radius 2 is 0.600 bits per heavy atom. The lowest BCUT2D eigenvalue weighted by Crippen LogP contribution is -2.88. The Morgan fingerprint density at radius 3 is 0.900 bits per heavy atom. The monoisotopic (exact) mass is 762 g/mol. The number of hydrogen-bond donors (Lipinski definition) is 0. The molecular weight excluding hydrogens is 729 g/mol. The van der Waals surface area contributed by atoms with E-state index in [-0.39, 0.29) is 20.9 Å². The van der Waals surface area contributed by atoms with E-state index in [4.69, 9.17) is 0 Å². The third-order valence-electron chi connectivity index (χ3n) is 13.0. The number of hydrogen-bond acceptors (Lipinski definition) is 6. The molecule has 0 atom stereocenters. The third-order valence-corrected chi connectivity index (χ3v) is 13.0. The van der Waals surface area contributed by atoms with Crippen molar-refractivity contribution in [3.05, 3.63) is 201 Å². The lowest BCUT2D eigenvalue weighted by Gasteiger charge is -2.61. The number of nitrogens with zero attached hydrogens (tertiary/aromatic N) is 6. The standard InChI is InChI=1S/C51H33B3N6/c1-4-16-46-40(13-1)43-22-19-34(37-10-7-25-55-31-37)28-49(43)58-52(46)59-50-29-35(38-11-8-26-56-32-38)20-23-44(50)41-14-3-6-18-48(41)54(59)60-51-30-36(39-12-9-27-57-33-39)21-24-45(51)42-15-2-5-17-47(42)53(58)60/h1-33H. The lowest BCUT2D eigenvalue weighted by atomic mass is 9.34. The molecule has 6 nitrogen and oxygen atoms in total. The van der Waals surface area contributed by atoms with Crippen LogP contribution in [0, 0.1) is 0 Å². The molecule has 9 aromatic rings. The summed E-state index contributed by atoms with van der Waals surface area (Å²) in [5, 5.41) is 0. The molecule has 0 saturated carbocycles. The van der Waals surface area contributed by atoms with Crippen LogP contribution >= 0.6 is 0 Å². The summed E-state index contributed by atoms with van der Waals surface area (Å²) in [6.07, 6.45) is 11.4. The summed E-state index contributed by atoms with van der Waals surface area (Å²) in [4.78, 5) is 13.6. The quantitative estimate of drug-likeness (QED) is 0.168. The first-order chi connectivity index (χ1) is 29.8. The average molecular weight is 762 g/mol. The van der Waals surface area contributed by atoms with Gasteiger partial charge in [-0.1, -0.05) is 127 Å². The zero-order valence-electron chi connectivity index (χ0n) is 32.5. The predicted molar refractivity (Wildman–Crippen MR) is 249 cm³/mol. The number of rotatable bonds is 3. The molecule has 6 aromatic carbocycles. The van der Waals surface area contributed by atoms with Crippen molar-refractivity contribution in [2.24, 2.45) is 0 Å². The first-order valence-corrected chi connectivity index (χ1v) is 20.6. The van der Waals surface area contributed by atoms with Crippen molar-refractivity contribution in [2.75, 3.05) is 14.2 Å². The van der Waals surface area contributed by atoms with Crippen molar-refractivity contribution in [3.63, 3.8) is 0 Å². The second kappa shape index (κ2) is 12.9. The largest absolute Gasteiger partial charge is 0.416 e. The summed E-state index contributed by atoms with van der Waals surface area (Å²) in [5.74, 6) is 0. The van der Waals surface area contributed by atoms with Crippen LogP contribution in [0.4, 0.5) is 17.1 Å². The maximum absolute atomic E-state index is 4.54. The lowest BCUT2D eigenvalue weighted by molar-refractivity contribution is 1.26. The van der Waals surface area contributed by atoms with Crippen LogP contribution in [0.15, 0.2) is 201 Å². The van der Waals surface area contributed by atoms with Gasteiger partial charge in [0.1, 0.15) is 0 Å². The minimum absolute atomic E-state index is 0.170. The summed E-state index contributed by atoms with van der Waals surface area (Å²) in [5.41, 5.74) is 21.6.